The Balaban J connectivity index is 2.67. The Kier molecular flexibility index (Phi) is 1.06. The van der Waals surface area contributed by atoms with Crippen LogP contribution in [-0.2, 0) is 0 Å². The average molecular weight is 146 g/mol. The Bertz CT molecular complexity index is 355. The molecule has 0 unspecified atom stereocenters. The summed E-state index contributed by atoms with van der Waals surface area (Å²) in [6.07, 6.45) is 0. The summed E-state index contributed by atoms with van der Waals surface area (Å²) in [5, 5.41) is 10.7. The Morgan fingerprint density at radius 2 is 2.00 bits per heavy atom. The monoisotopic (exact) mass is 146 g/mol. The lowest BCUT2D eigenvalue weighted by Crippen LogP contribution is -2.24. The molecule has 1 aromatic rings. The van der Waals surface area contributed by atoms with Crippen molar-refractivity contribution in [2.75, 3.05) is 0 Å². The van der Waals surface area contributed by atoms with E-state index in [4.69, 9.17) is 0 Å². The van der Waals surface area contributed by atoms with Gasteiger partial charge in [-0.3, -0.25) is 9.79 Å². The lowest BCUT2D eigenvalue weighted by Gasteiger charge is -1.97. The number of benzene rings is 1. The fraction of sp³-hybridized carbons (Fsp3) is 0. The highest BCUT2D eigenvalue weighted by atomic mass is 16.3. The summed E-state index contributed by atoms with van der Waals surface area (Å²) in [6, 6.07) is 6.71. The molecule has 1 heterocycles. The minimum absolute atomic E-state index is 0.414. The van der Waals surface area contributed by atoms with Crippen LogP contribution in [0, 0.1) is 0 Å². The molecule has 0 fully saturated rings. The molecular formula is C8H4NO2-. The lowest BCUT2D eigenvalue weighted by atomic mass is 10.1. The van der Waals surface area contributed by atoms with Crippen molar-refractivity contribution in [3.8, 4) is 0 Å². The highest BCUT2D eigenvalue weighted by Gasteiger charge is 2.16. The third-order valence-electron chi connectivity index (χ3n) is 1.56. The number of aliphatic imine (C=N–C) groups is 1. The van der Waals surface area contributed by atoms with Gasteiger partial charge in [-0.25, -0.2) is 0 Å². The molecule has 1 aliphatic rings. The van der Waals surface area contributed by atoms with Crippen molar-refractivity contribution in [1.29, 1.82) is 0 Å². The van der Waals surface area contributed by atoms with Gasteiger partial charge in [-0.05, 0) is 12.1 Å². The van der Waals surface area contributed by atoms with Crippen LogP contribution in [-0.4, -0.2) is 11.7 Å². The van der Waals surface area contributed by atoms with Gasteiger partial charge < -0.3 is 5.11 Å². The van der Waals surface area contributed by atoms with Crippen LogP contribution in [0.1, 0.15) is 10.4 Å². The molecule has 0 radical (unpaired) electrons. The van der Waals surface area contributed by atoms with Crippen molar-refractivity contribution in [2.45, 2.75) is 0 Å². The van der Waals surface area contributed by atoms with Crippen molar-refractivity contribution >= 4 is 17.4 Å². The Morgan fingerprint density at radius 3 is 2.73 bits per heavy atom. The fourth-order valence-corrected chi connectivity index (χ4v) is 1.04. The molecule has 3 nitrogen and oxygen atoms in total. The summed E-state index contributed by atoms with van der Waals surface area (Å²) in [5.41, 5.74) is 0.903. The number of Topliss-reactive ketones (excluding diaryl/α,β-unsaturated/α-hetero) is 1. The first-order chi connectivity index (χ1) is 5.29. The van der Waals surface area contributed by atoms with Gasteiger partial charge in [-0.2, -0.15) is 0 Å². The molecule has 11 heavy (non-hydrogen) atoms. The minimum atomic E-state index is -0.661. The van der Waals surface area contributed by atoms with Crippen LogP contribution in [0.3, 0.4) is 0 Å². The van der Waals surface area contributed by atoms with Crippen LogP contribution in [0.15, 0.2) is 29.3 Å². The smallest absolute Gasteiger partial charge is 0.198 e. The van der Waals surface area contributed by atoms with Crippen molar-refractivity contribution in [2.24, 2.45) is 4.99 Å². The summed E-state index contributed by atoms with van der Waals surface area (Å²) < 4.78 is 0. The van der Waals surface area contributed by atoms with Crippen molar-refractivity contribution in [3.05, 3.63) is 29.8 Å². The lowest BCUT2D eigenvalue weighted by molar-refractivity contribution is -0.210. The van der Waals surface area contributed by atoms with Gasteiger partial charge in [0.1, 0.15) is 0 Å². The molecular weight excluding hydrogens is 142 g/mol. The molecule has 2 rings (SSSR count). The van der Waals surface area contributed by atoms with Crippen LogP contribution < -0.4 is 5.11 Å². The van der Waals surface area contributed by atoms with Gasteiger partial charge in [-0.15, -0.1) is 0 Å². The van der Waals surface area contributed by atoms with Crippen molar-refractivity contribution in [1.82, 2.24) is 0 Å². The molecule has 0 aliphatic carbocycles. The van der Waals surface area contributed by atoms with Crippen molar-refractivity contribution in [3.63, 3.8) is 0 Å². The molecule has 0 bridgehead atoms. The molecule has 3 heteroatoms. The first-order valence-corrected chi connectivity index (χ1v) is 3.18. The molecule has 0 saturated carbocycles. The van der Waals surface area contributed by atoms with Gasteiger partial charge in [0.2, 0.25) is 0 Å². The first-order valence-electron chi connectivity index (χ1n) is 3.18. The van der Waals surface area contributed by atoms with Crippen LogP contribution >= 0.6 is 0 Å². The van der Waals surface area contributed by atoms with E-state index in [0.29, 0.717) is 11.3 Å². The highest BCUT2D eigenvalue weighted by Crippen LogP contribution is 2.23. The maximum absolute atomic E-state index is 11.0. The van der Waals surface area contributed by atoms with Gasteiger partial charge >= 0.3 is 0 Å². The second kappa shape index (κ2) is 1.92. The number of hydrogen-bond acceptors (Lipinski definition) is 3. The van der Waals surface area contributed by atoms with E-state index in [1.807, 2.05) is 0 Å². The number of rotatable bonds is 0. The number of para-hydroxylation sites is 1. The van der Waals surface area contributed by atoms with E-state index in [0.717, 1.165) is 0 Å². The zero-order valence-corrected chi connectivity index (χ0v) is 5.57. The van der Waals surface area contributed by atoms with E-state index in [1.54, 1.807) is 24.3 Å². The van der Waals surface area contributed by atoms with Crippen LogP contribution in [0.25, 0.3) is 0 Å². The summed E-state index contributed by atoms with van der Waals surface area (Å²) in [4.78, 5) is 14.5. The van der Waals surface area contributed by atoms with Crippen molar-refractivity contribution < 1.29 is 9.90 Å². The topological polar surface area (TPSA) is 52.5 Å². The molecule has 0 atom stereocenters. The largest absolute Gasteiger partial charge is 0.856 e. The molecule has 1 aliphatic heterocycles. The summed E-state index contributed by atoms with van der Waals surface area (Å²) in [5.74, 6) is -1.16. The second-order valence-corrected chi connectivity index (χ2v) is 2.26. The number of ketones is 1. The summed E-state index contributed by atoms with van der Waals surface area (Å²) >= 11 is 0. The van der Waals surface area contributed by atoms with Gasteiger partial charge in [0, 0.05) is 11.5 Å². The predicted molar refractivity (Wildman–Crippen MR) is 37.9 cm³/mol. The van der Waals surface area contributed by atoms with E-state index < -0.39 is 11.7 Å². The molecule has 0 aromatic heterocycles. The van der Waals surface area contributed by atoms with E-state index in [-0.39, 0.29) is 0 Å². The van der Waals surface area contributed by atoms with Gasteiger partial charge in [-0.1, -0.05) is 12.1 Å². The van der Waals surface area contributed by atoms with E-state index in [1.165, 1.54) is 0 Å². The van der Waals surface area contributed by atoms with E-state index in [9.17, 15) is 9.90 Å². The number of nitrogens with zero attached hydrogens (tertiary/aromatic N) is 1. The average Bonchev–Trinajstić information content (AvgIpc) is 2.30. The number of carbonyl (C=O) groups excluding carboxylic acids is 1. The zero-order valence-electron chi connectivity index (χ0n) is 5.57. The van der Waals surface area contributed by atoms with Crippen LogP contribution in [0.5, 0.6) is 0 Å². The zero-order chi connectivity index (χ0) is 7.84. The van der Waals surface area contributed by atoms with E-state index >= 15 is 0 Å². The molecule has 54 valence electrons. The number of carbonyl (C=O) groups is 1. The Labute approximate surface area is 63.0 Å². The normalized spacial score (nSPS) is 14.5. The minimum Gasteiger partial charge on any atom is -0.856 e. The van der Waals surface area contributed by atoms with Gasteiger partial charge in [0.15, 0.2) is 5.78 Å². The van der Waals surface area contributed by atoms with E-state index in [2.05, 4.69) is 4.99 Å². The van der Waals surface area contributed by atoms with Gasteiger partial charge in [0.05, 0.1) is 5.69 Å². The standard InChI is InChI=1S/C8H5NO2/c10-7-5-3-1-2-4-6(5)9-8(7)11/h1-4H,(H,9,10,11)/p-1. The Hall–Kier alpha value is -1.64. The summed E-state index contributed by atoms with van der Waals surface area (Å²) in [7, 11) is 0. The molecule has 1 aromatic carbocycles. The van der Waals surface area contributed by atoms with Gasteiger partial charge in [0.25, 0.3) is 0 Å². The quantitative estimate of drug-likeness (QED) is 0.527. The predicted octanol–water partition coefficient (Wildman–Crippen LogP) is 0.273. The molecule has 0 saturated heterocycles. The first kappa shape index (κ1) is 6.09. The molecule has 0 amide bonds. The molecule has 0 spiro atoms. The highest BCUT2D eigenvalue weighted by molar-refractivity contribution is 6.45. The maximum Gasteiger partial charge on any atom is 0.198 e. The second-order valence-electron chi connectivity index (χ2n) is 2.26. The third kappa shape index (κ3) is 0.741. The third-order valence-corrected chi connectivity index (χ3v) is 1.56. The van der Waals surface area contributed by atoms with Crippen LogP contribution in [0.4, 0.5) is 5.69 Å². The van der Waals surface area contributed by atoms with Crippen LogP contribution in [0.2, 0.25) is 0 Å². The fourth-order valence-electron chi connectivity index (χ4n) is 1.04. The number of fused-ring (bicyclic) bond motifs is 1. The SMILES string of the molecule is O=C1C([O-])=Nc2ccccc21. The Morgan fingerprint density at radius 1 is 1.27 bits per heavy atom. The summed E-state index contributed by atoms with van der Waals surface area (Å²) in [6.45, 7) is 0. The number of hydrogen-bond donors (Lipinski definition) is 0. The maximum atomic E-state index is 11.0. The molecule has 0 N–H and O–H groups in total.